The van der Waals surface area contributed by atoms with Crippen molar-refractivity contribution in [1.29, 1.82) is 0 Å². The summed E-state index contributed by atoms with van der Waals surface area (Å²) in [5.41, 5.74) is 4.52. The van der Waals surface area contributed by atoms with E-state index in [4.69, 9.17) is 10.8 Å². The summed E-state index contributed by atoms with van der Waals surface area (Å²) in [6.07, 6.45) is -2.65. The fourth-order valence-corrected chi connectivity index (χ4v) is 2.18. The summed E-state index contributed by atoms with van der Waals surface area (Å²) in [5.74, 6) is -0.151. The number of thioether (sulfide) groups is 1. The number of nitrogen functional groups attached to an aromatic ring is 1. The Morgan fingerprint density at radius 1 is 1.47 bits per heavy atom. The van der Waals surface area contributed by atoms with Gasteiger partial charge in [-0.05, 0) is 25.3 Å². The molecule has 0 aliphatic rings. The van der Waals surface area contributed by atoms with Gasteiger partial charge in [-0.25, -0.2) is 4.98 Å². The smallest absolute Gasteiger partial charge is 0.395 e. The molecule has 1 heterocycles. The van der Waals surface area contributed by atoms with Gasteiger partial charge in [-0.2, -0.15) is 24.9 Å². The lowest BCUT2D eigenvalue weighted by atomic mass is 10.2. The molecule has 0 amide bonds. The number of hydrogen-bond donors (Lipinski definition) is 3. The van der Waals surface area contributed by atoms with Crippen molar-refractivity contribution in [3.8, 4) is 0 Å². The predicted molar refractivity (Wildman–Crippen MR) is 71.1 cm³/mol. The van der Waals surface area contributed by atoms with E-state index in [-0.39, 0.29) is 29.5 Å². The largest absolute Gasteiger partial charge is 0.416 e. The lowest BCUT2D eigenvalue weighted by molar-refractivity contribution is -0.137. The molecule has 108 valence electrons. The molecule has 0 radical (unpaired) electrons. The van der Waals surface area contributed by atoms with Crippen molar-refractivity contribution in [1.82, 2.24) is 4.98 Å². The van der Waals surface area contributed by atoms with Crippen LogP contribution in [0.25, 0.3) is 0 Å². The van der Waals surface area contributed by atoms with Crippen LogP contribution in [0.4, 0.5) is 24.8 Å². The number of nitrogens with one attached hydrogen (secondary N) is 1. The number of pyridine rings is 1. The molecule has 0 saturated heterocycles. The van der Waals surface area contributed by atoms with Gasteiger partial charge in [0.1, 0.15) is 11.6 Å². The van der Waals surface area contributed by atoms with Crippen molar-refractivity contribution in [2.45, 2.75) is 24.4 Å². The first-order valence-corrected chi connectivity index (χ1v) is 6.81. The van der Waals surface area contributed by atoms with Gasteiger partial charge >= 0.3 is 6.18 Å². The summed E-state index contributed by atoms with van der Waals surface area (Å²) < 4.78 is 37.9. The second-order valence-corrected chi connectivity index (χ2v) is 5.13. The zero-order valence-corrected chi connectivity index (χ0v) is 11.3. The Morgan fingerprint density at radius 3 is 2.58 bits per heavy atom. The van der Waals surface area contributed by atoms with Gasteiger partial charge < -0.3 is 16.2 Å². The fraction of sp³-hybridized carbons (Fsp3) is 0.545. The predicted octanol–water partition coefficient (Wildman–Crippen LogP) is 2.21. The highest BCUT2D eigenvalue weighted by molar-refractivity contribution is 7.99. The minimum Gasteiger partial charge on any atom is -0.395 e. The number of halogens is 3. The highest BCUT2D eigenvalue weighted by Gasteiger charge is 2.31. The number of aliphatic hydroxyl groups is 1. The van der Waals surface area contributed by atoms with Crippen molar-refractivity contribution in [3.05, 3.63) is 17.7 Å². The van der Waals surface area contributed by atoms with Crippen molar-refractivity contribution in [2.24, 2.45) is 0 Å². The van der Waals surface area contributed by atoms with E-state index in [0.717, 1.165) is 12.1 Å². The molecule has 0 saturated carbocycles. The maximum absolute atomic E-state index is 12.6. The average Bonchev–Trinajstić information content (AvgIpc) is 2.28. The van der Waals surface area contributed by atoms with Gasteiger partial charge in [0, 0.05) is 11.3 Å². The number of nitrogens with two attached hydrogens (primary N) is 1. The van der Waals surface area contributed by atoms with Crippen molar-refractivity contribution >= 4 is 23.4 Å². The maximum atomic E-state index is 12.6. The van der Waals surface area contributed by atoms with E-state index in [1.54, 1.807) is 6.92 Å². The molecular formula is C11H16F3N3OS. The molecule has 0 aliphatic carbocycles. The molecule has 1 rings (SSSR count). The molecule has 2 unspecified atom stereocenters. The zero-order chi connectivity index (χ0) is 14.6. The first-order valence-electron chi connectivity index (χ1n) is 5.53. The van der Waals surface area contributed by atoms with Gasteiger partial charge in [0.15, 0.2) is 0 Å². The number of aromatic nitrogens is 1. The molecule has 0 fully saturated rings. The molecular weight excluding hydrogens is 279 g/mol. The Bertz CT molecular complexity index is 424. The molecule has 8 heteroatoms. The number of rotatable bonds is 5. The molecule has 0 aliphatic heterocycles. The summed E-state index contributed by atoms with van der Waals surface area (Å²) in [6, 6.07) is 1.45. The van der Waals surface area contributed by atoms with Crippen LogP contribution in [0.15, 0.2) is 12.1 Å². The number of hydrogen-bond acceptors (Lipinski definition) is 5. The highest BCUT2D eigenvalue weighted by Crippen LogP contribution is 2.31. The third-order valence-electron chi connectivity index (χ3n) is 2.59. The highest BCUT2D eigenvalue weighted by atomic mass is 32.2. The van der Waals surface area contributed by atoms with E-state index in [1.807, 2.05) is 6.26 Å². The van der Waals surface area contributed by atoms with Gasteiger partial charge in [0.05, 0.1) is 12.2 Å². The molecule has 0 spiro atoms. The van der Waals surface area contributed by atoms with Crippen LogP contribution in [-0.2, 0) is 6.18 Å². The monoisotopic (exact) mass is 295 g/mol. The molecule has 0 bridgehead atoms. The summed E-state index contributed by atoms with van der Waals surface area (Å²) in [4.78, 5) is 3.81. The Labute approximate surface area is 113 Å². The van der Waals surface area contributed by atoms with Crippen LogP contribution < -0.4 is 11.1 Å². The molecule has 19 heavy (non-hydrogen) atoms. The summed E-state index contributed by atoms with van der Waals surface area (Å²) in [6.45, 7) is 1.68. The lowest BCUT2D eigenvalue weighted by Crippen LogP contribution is -2.31. The Balaban J connectivity index is 2.93. The summed E-state index contributed by atoms with van der Waals surface area (Å²) in [7, 11) is 0. The van der Waals surface area contributed by atoms with Crippen LogP contribution in [0.3, 0.4) is 0 Å². The lowest BCUT2D eigenvalue weighted by Gasteiger charge is -2.22. The average molecular weight is 295 g/mol. The quantitative estimate of drug-likeness (QED) is 0.777. The SMILES string of the molecule is CSC(CO)C(C)Nc1cc(C(F)(F)F)cc(N)n1. The molecule has 2 atom stereocenters. The van der Waals surface area contributed by atoms with Gasteiger partial charge in [-0.15, -0.1) is 0 Å². The minimum absolute atomic E-state index is 0.0484. The molecule has 1 aromatic heterocycles. The first-order chi connectivity index (χ1) is 8.77. The minimum atomic E-state index is -4.47. The van der Waals surface area contributed by atoms with E-state index >= 15 is 0 Å². The van der Waals surface area contributed by atoms with Crippen LogP contribution in [0.1, 0.15) is 12.5 Å². The first kappa shape index (κ1) is 15.9. The number of anilines is 2. The Kier molecular flexibility index (Phi) is 5.30. The standard InChI is InChI=1S/C11H16F3N3OS/c1-6(8(5-18)19-2)16-10-4-7(11(12,13)14)3-9(15)17-10/h3-4,6,8,18H,5H2,1-2H3,(H3,15,16,17). The Morgan fingerprint density at radius 2 is 2.11 bits per heavy atom. The van der Waals surface area contributed by atoms with Crippen LogP contribution in [0, 0.1) is 0 Å². The van der Waals surface area contributed by atoms with Crippen LogP contribution in [-0.4, -0.2) is 34.2 Å². The van der Waals surface area contributed by atoms with E-state index in [1.165, 1.54) is 11.8 Å². The third-order valence-corrected chi connectivity index (χ3v) is 3.75. The summed E-state index contributed by atoms with van der Waals surface area (Å²) >= 11 is 1.42. The number of alkyl halides is 3. The second kappa shape index (κ2) is 6.33. The fourth-order valence-electron chi connectivity index (χ4n) is 1.55. The number of aliphatic hydroxyl groups excluding tert-OH is 1. The molecule has 1 aromatic rings. The van der Waals surface area contributed by atoms with E-state index < -0.39 is 11.7 Å². The van der Waals surface area contributed by atoms with Crippen LogP contribution >= 0.6 is 11.8 Å². The van der Waals surface area contributed by atoms with Crippen molar-refractivity contribution < 1.29 is 18.3 Å². The van der Waals surface area contributed by atoms with Gasteiger partial charge in [-0.1, -0.05) is 0 Å². The van der Waals surface area contributed by atoms with Crippen molar-refractivity contribution in [2.75, 3.05) is 23.9 Å². The second-order valence-electron chi connectivity index (χ2n) is 4.05. The number of nitrogens with zero attached hydrogens (tertiary/aromatic N) is 1. The third kappa shape index (κ3) is 4.46. The topological polar surface area (TPSA) is 71.2 Å². The van der Waals surface area contributed by atoms with Gasteiger partial charge in [0.2, 0.25) is 0 Å². The van der Waals surface area contributed by atoms with Gasteiger partial charge in [-0.3, -0.25) is 0 Å². The Hall–Kier alpha value is -1.15. The van der Waals surface area contributed by atoms with Crippen LogP contribution in [0.5, 0.6) is 0 Å². The van der Waals surface area contributed by atoms with E-state index in [9.17, 15) is 13.2 Å². The van der Waals surface area contributed by atoms with E-state index in [0.29, 0.717) is 0 Å². The normalized spacial score (nSPS) is 15.1. The zero-order valence-electron chi connectivity index (χ0n) is 10.5. The molecule has 4 nitrogen and oxygen atoms in total. The summed E-state index contributed by atoms with van der Waals surface area (Å²) in [5, 5.41) is 11.8. The molecule has 4 N–H and O–H groups in total. The molecule has 0 aromatic carbocycles. The van der Waals surface area contributed by atoms with E-state index in [2.05, 4.69) is 10.3 Å². The van der Waals surface area contributed by atoms with Crippen molar-refractivity contribution in [3.63, 3.8) is 0 Å². The maximum Gasteiger partial charge on any atom is 0.416 e. The van der Waals surface area contributed by atoms with Gasteiger partial charge in [0.25, 0.3) is 0 Å². The van der Waals surface area contributed by atoms with Crippen LogP contribution in [0.2, 0.25) is 0 Å².